The third kappa shape index (κ3) is 1.98. The van der Waals surface area contributed by atoms with E-state index in [0.29, 0.717) is 0 Å². The van der Waals surface area contributed by atoms with Gasteiger partial charge in [0.1, 0.15) is 0 Å². The maximum absolute atomic E-state index is 6.09. The lowest BCUT2D eigenvalue weighted by Gasteiger charge is -2.23. The molecule has 0 unspecified atom stereocenters. The van der Waals surface area contributed by atoms with Crippen molar-refractivity contribution in [3.05, 3.63) is 36.0 Å². The Morgan fingerprint density at radius 3 is 2.41 bits per heavy atom. The molecule has 0 atom stereocenters. The molecule has 1 aromatic heterocycles. The van der Waals surface area contributed by atoms with Gasteiger partial charge in [0.25, 0.3) is 0 Å². The number of benzene rings is 1. The molecule has 4 nitrogen and oxygen atoms in total. The van der Waals surface area contributed by atoms with Crippen LogP contribution >= 0.6 is 0 Å². The lowest BCUT2D eigenvalue weighted by Crippen LogP contribution is -2.20. The molecular weight excluding hydrogens is 212 g/mol. The molecule has 1 heterocycles. The molecule has 0 amide bonds. The smallest absolute Gasteiger partial charge is 0.154 e. The molecule has 1 aromatic carbocycles. The van der Waals surface area contributed by atoms with Crippen molar-refractivity contribution in [3.63, 3.8) is 0 Å². The van der Waals surface area contributed by atoms with Crippen LogP contribution < -0.4 is 10.6 Å². The van der Waals surface area contributed by atoms with Crippen LogP contribution in [0.4, 0.5) is 17.2 Å². The zero-order valence-corrected chi connectivity index (χ0v) is 10.5. The van der Waals surface area contributed by atoms with Crippen molar-refractivity contribution in [2.24, 2.45) is 7.05 Å². The van der Waals surface area contributed by atoms with Crippen LogP contribution in [-0.4, -0.2) is 16.3 Å². The molecule has 0 aliphatic heterocycles. The second-order valence-electron chi connectivity index (χ2n) is 4.03. The van der Waals surface area contributed by atoms with Gasteiger partial charge in [0.05, 0.1) is 11.4 Å². The normalized spacial score (nSPS) is 10.5. The summed E-state index contributed by atoms with van der Waals surface area (Å²) in [5, 5.41) is 4.35. The highest BCUT2D eigenvalue weighted by Crippen LogP contribution is 2.31. The summed E-state index contributed by atoms with van der Waals surface area (Å²) < 4.78 is 1.83. The van der Waals surface area contributed by atoms with Crippen molar-refractivity contribution >= 4 is 17.2 Å². The van der Waals surface area contributed by atoms with E-state index in [1.54, 1.807) is 0 Å². The van der Waals surface area contributed by atoms with Gasteiger partial charge in [0.2, 0.25) is 0 Å². The first-order valence-corrected chi connectivity index (χ1v) is 5.76. The van der Waals surface area contributed by atoms with Crippen LogP contribution in [0.3, 0.4) is 0 Å². The van der Waals surface area contributed by atoms with Crippen molar-refractivity contribution in [3.8, 4) is 0 Å². The monoisotopic (exact) mass is 230 g/mol. The molecular formula is C13H18N4. The Morgan fingerprint density at radius 2 is 1.94 bits per heavy atom. The van der Waals surface area contributed by atoms with Gasteiger partial charge in [-0.2, -0.15) is 5.10 Å². The first-order chi connectivity index (χ1) is 8.15. The molecule has 0 fully saturated rings. The minimum atomic E-state index is 0.748. The number of aryl methyl sites for hydroxylation is 2. The van der Waals surface area contributed by atoms with Crippen molar-refractivity contribution in [1.82, 2.24) is 9.78 Å². The summed E-state index contributed by atoms with van der Waals surface area (Å²) in [6, 6.07) is 10.2. The largest absolute Gasteiger partial charge is 0.394 e. The number of para-hydroxylation sites is 1. The Morgan fingerprint density at radius 1 is 1.29 bits per heavy atom. The van der Waals surface area contributed by atoms with Gasteiger partial charge in [-0.1, -0.05) is 18.2 Å². The van der Waals surface area contributed by atoms with Crippen LogP contribution in [0, 0.1) is 6.92 Å². The molecule has 4 heteroatoms. The van der Waals surface area contributed by atoms with E-state index in [2.05, 4.69) is 29.1 Å². The topological polar surface area (TPSA) is 47.1 Å². The van der Waals surface area contributed by atoms with Crippen molar-refractivity contribution in [2.45, 2.75) is 13.8 Å². The lowest BCUT2D eigenvalue weighted by atomic mass is 10.2. The number of nitrogen functional groups attached to an aromatic ring is 1. The van der Waals surface area contributed by atoms with Gasteiger partial charge in [0.15, 0.2) is 5.82 Å². The van der Waals surface area contributed by atoms with Crippen molar-refractivity contribution in [2.75, 3.05) is 17.2 Å². The maximum Gasteiger partial charge on any atom is 0.154 e. The first-order valence-electron chi connectivity index (χ1n) is 5.76. The summed E-state index contributed by atoms with van der Waals surface area (Å²) >= 11 is 0. The number of hydrogen-bond acceptors (Lipinski definition) is 3. The van der Waals surface area contributed by atoms with Crippen LogP contribution in [-0.2, 0) is 7.05 Å². The fraction of sp³-hybridized carbons (Fsp3) is 0.308. The zero-order valence-electron chi connectivity index (χ0n) is 10.5. The van der Waals surface area contributed by atoms with E-state index in [1.807, 2.05) is 36.9 Å². The second kappa shape index (κ2) is 4.49. The Bertz CT molecular complexity index is 502. The summed E-state index contributed by atoms with van der Waals surface area (Å²) in [6.07, 6.45) is 0. The van der Waals surface area contributed by atoms with Gasteiger partial charge < -0.3 is 10.6 Å². The highest BCUT2D eigenvalue weighted by atomic mass is 15.4. The number of nitrogens with two attached hydrogens (primary N) is 1. The van der Waals surface area contributed by atoms with Crippen LogP contribution in [0.15, 0.2) is 30.3 Å². The molecule has 0 aliphatic carbocycles. The third-order valence-electron chi connectivity index (χ3n) is 2.88. The van der Waals surface area contributed by atoms with Gasteiger partial charge in [-0.3, -0.25) is 4.68 Å². The molecule has 0 saturated heterocycles. The van der Waals surface area contributed by atoms with Crippen LogP contribution in [0.5, 0.6) is 0 Å². The molecule has 90 valence electrons. The van der Waals surface area contributed by atoms with Gasteiger partial charge in [0, 0.05) is 19.3 Å². The van der Waals surface area contributed by atoms with Crippen LogP contribution in [0.1, 0.15) is 12.6 Å². The summed E-state index contributed by atoms with van der Waals surface area (Å²) in [7, 11) is 1.92. The van der Waals surface area contributed by atoms with E-state index in [0.717, 1.165) is 29.4 Å². The fourth-order valence-corrected chi connectivity index (χ4v) is 2.05. The Balaban J connectivity index is 2.50. The number of rotatable bonds is 3. The van der Waals surface area contributed by atoms with E-state index < -0.39 is 0 Å². The zero-order chi connectivity index (χ0) is 12.4. The summed E-state index contributed by atoms with van der Waals surface area (Å²) in [6.45, 7) is 4.89. The van der Waals surface area contributed by atoms with Crippen LogP contribution in [0.25, 0.3) is 0 Å². The summed E-state index contributed by atoms with van der Waals surface area (Å²) in [4.78, 5) is 2.16. The Kier molecular flexibility index (Phi) is 3.04. The van der Waals surface area contributed by atoms with Crippen molar-refractivity contribution < 1.29 is 0 Å². The molecule has 0 bridgehead atoms. The standard InChI is InChI=1S/C13H18N4/c1-4-17(11-8-6-5-7-9-11)13-12(14)10(2)15-16(13)3/h5-9H,4,14H2,1-3H3. The quantitative estimate of drug-likeness (QED) is 0.881. The first kappa shape index (κ1) is 11.5. The summed E-state index contributed by atoms with van der Waals surface area (Å²) in [5.74, 6) is 0.955. The molecule has 0 saturated carbocycles. The predicted octanol–water partition coefficient (Wildman–Crippen LogP) is 2.47. The lowest BCUT2D eigenvalue weighted by molar-refractivity contribution is 0.742. The minimum absolute atomic E-state index is 0.748. The Hall–Kier alpha value is -1.97. The molecule has 2 N–H and O–H groups in total. The Labute approximate surface area is 102 Å². The van der Waals surface area contributed by atoms with Crippen molar-refractivity contribution in [1.29, 1.82) is 0 Å². The van der Waals surface area contributed by atoms with E-state index >= 15 is 0 Å². The molecule has 0 spiro atoms. The number of nitrogens with zero attached hydrogens (tertiary/aromatic N) is 3. The highest BCUT2D eigenvalue weighted by Gasteiger charge is 2.17. The minimum Gasteiger partial charge on any atom is -0.394 e. The van der Waals surface area contributed by atoms with Gasteiger partial charge in [-0.15, -0.1) is 0 Å². The molecule has 0 aliphatic rings. The SMILES string of the molecule is CCN(c1ccccc1)c1c(N)c(C)nn1C. The van der Waals surface area contributed by atoms with Gasteiger partial charge in [-0.05, 0) is 26.0 Å². The number of anilines is 3. The predicted molar refractivity (Wildman–Crippen MR) is 71.5 cm³/mol. The third-order valence-corrected chi connectivity index (χ3v) is 2.88. The molecule has 2 rings (SSSR count). The van der Waals surface area contributed by atoms with E-state index in [-0.39, 0.29) is 0 Å². The molecule has 17 heavy (non-hydrogen) atoms. The molecule has 0 radical (unpaired) electrons. The van der Waals surface area contributed by atoms with Gasteiger partial charge in [-0.25, -0.2) is 0 Å². The van der Waals surface area contributed by atoms with E-state index in [4.69, 9.17) is 5.73 Å². The number of hydrogen-bond donors (Lipinski definition) is 1. The van der Waals surface area contributed by atoms with Gasteiger partial charge >= 0.3 is 0 Å². The van der Waals surface area contributed by atoms with E-state index in [1.165, 1.54) is 0 Å². The summed E-state index contributed by atoms with van der Waals surface area (Å²) in [5.41, 5.74) is 8.84. The van der Waals surface area contributed by atoms with E-state index in [9.17, 15) is 0 Å². The van der Waals surface area contributed by atoms with Crippen LogP contribution in [0.2, 0.25) is 0 Å². The maximum atomic E-state index is 6.09. The average Bonchev–Trinajstić information content (AvgIpc) is 2.58. The molecule has 2 aromatic rings. The average molecular weight is 230 g/mol. The highest BCUT2D eigenvalue weighted by molar-refractivity contribution is 5.73. The fourth-order valence-electron chi connectivity index (χ4n) is 2.05. The number of aromatic nitrogens is 2. The second-order valence-corrected chi connectivity index (χ2v) is 4.03.